The molecule has 0 aliphatic carbocycles. The molecule has 3 rings (SSSR count). The first kappa shape index (κ1) is 14.6. The zero-order chi connectivity index (χ0) is 15.9. The molecule has 1 aromatic rings. The summed E-state index contributed by atoms with van der Waals surface area (Å²) in [6.45, 7) is 6.93. The Morgan fingerprint density at radius 3 is 2.45 bits per heavy atom. The lowest BCUT2D eigenvalue weighted by atomic mass is 9.98. The molecule has 0 radical (unpaired) electrons. The van der Waals surface area contributed by atoms with Gasteiger partial charge in [0.05, 0.1) is 6.10 Å². The lowest BCUT2D eigenvalue weighted by molar-refractivity contribution is 0.00589. The first-order valence-electron chi connectivity index (χ1n) is 7.35. The van der Waals surface area contributed by atoms with Gasteiger partial charge in [0.1, 0.15) is 0 Å². The molecule has 114 valence electrons. The van der Waals surface area contributed by atoms with Gasteiger partial charge in [0, 0.05) is 37.6 Å². The Labute approximate surface area is 130 Å². The lowest BCUT2D eigenvalue weighted by Crippen LogP contribution is -2.53. The Morgan fingerprint density at radius 1 is 1.27 bits per heavy atom. The number of likely N-dealkylation sites (N-methyl/N-ethyl adjacent to an activating group) is 1. The number of amides is 1. The van der Waals surface area contributed by atoms with Crippen molar-refractivity contribution in [2.45, 2.75) is 13.0 Å². The molecule has 2 aliphatic heterocycles. The van der Waals surface area contributed by atoms with Crippen molar-refractivity contribution in [1.29, 1.82) is 0 Å². The van der Waals surface area contributed by atoms with E-state index in [0.29, 0.717) is 18.7 Å². The second-order valence-electron chi connectivity index (χ2n) is 5.91. The molecule has 1 amide bonds. The molecular formula is C18H20N2O2. The van der Waals surface area contributed by atoms with E-state index in [1.54, 1.807) is 4.90 Å². The van der Waals surface area contributed by atoms with E-state index in [1.165, 1.54) is 0 Å². The number of carbonyl (C=O) groups excluding carboxylic acids is 1. The second kappa shape index (κ2) is 5.46. The van der Waals surface area contributed by atoms with Gasteiger partial charge in [-0.3, -0.25) is 4.79 Å². The summed E-state index contributed by atoms with van der Waals surface area (Å²) in [5.41, 5.74) is 4.96. The van der Waals surface area contributed by atoms with Crippen LogP contribution in [0.3, 0.4) is 0 Å². The summed E-state index contributed by atoms with van der Waals surface area (Å²) in [5, 5.41) is 9.28. The number of hydrogen-bond acceptors (Lipinski definition) is 3. The number of aliphatic hydroxyl groups excluding tert-OH is 1. The monoisotopic (exact) mass is 296 g/mol. The van der Waals surface area contributed by atoms with Gasteiger partial charge >= 0.3 is 0 Å². The van der Waals surface area contributed by atoms with Crippen LogP contribution in [-0.2, 0) is 0 Å². The summed E-state index contributed by atoms with van der Waals surface area (Å²) in [6, 6.07) is 7.60. The third kappa shape index (κ3) is 2.57. The molecule has 2 aliphatic rings. The molecule has 0 unspecified atom stereocenters. The van der Waals surface area contributed by atoms with Crippen molar-refractivity contribution in [3.8, 4) is 0 Å². The van der Waals surface area contributed by atoms with Crippen LogP contribution in [-0.4, -0.2) is 47.1 Å². The maximum atomic E-state index is 12.2. The summed E-state index contributed by atoms with van der Waals surface area (Å²) in [7, 11) is 1.98. The number of hydrogen-bond donors (Lipinski definition) is 1. The smallest absolute Gasteiger partial charge is 0.254 e. The van der Waals surface area contributed by atoms with E-state index in [-0.39, 0.29) is 12.0 Å². The fraction of sp³-hybridized carbons (Fsp3) is 0.278. The molecule has 4 heteroatoms. The Balaban J connectivity index is 1.79. The van der Waals surface area contributed by atoms with Gasteiger partial charge in [0.15, 0.2) is 0 Å². The van der Waals surface area contributed by atoms with Crippen LogP contribution in [0.1, 0.15) is 22.8 Å². The molecule has 22 heavy (non-hydrogen) atoms. The van der Waals surface area contributed by atoms with Gasteiger partial charge in [-0.1, -0.05) is 18.7 Å². The van der Waals surface area contributed by atoms with Gasteiger partial charge < -0.3 is 14.9 Å². The quantitative estimate of drug-likeness (QED) is 0.910. The normalized spacial score (nSPS) is 18.8. The standard InChI is InChI=1S/C18H20N2O2/c1-12-8-16(9-19(3)13(12)2)14-4-6-15(7-5-14)18(22)20-10-17(21)11-20/h4-9,17,21H,2,10-11H2,1,3H3. The molecule has 4 nitrogen and oxygen atoms in total. The number of rotatable bonds is 2. The van der Waals surface area contributed by atoms with Crippen LogP contribution >= 0.6 is 0 Å². The van der Waals surface area contributed by atoms with Crippen molar-refractivity contribution in [3.63, 3.8) is 0 Å². The second-order valence-corrected chi connectivity index (χ2v) is 5.91. The zero-order valence-electron chi connectivity index (χ0n) is 12.9. The number of likely N-dealkylation sites (tertiary alicyclic amines) is 1. The SMILES string of the molecule is C=C1C(C)=CC(c2ccc(C(=O)N3CC(O)C3)cc2)=CN1C. The molecule has 0 saturated carbocycles. The largest absolute Gasteiger partial charge is 0.389 e. The van der Waals surface area contributed by atoms with E-state index < -0.39 is 0 Å². The highest BCUT2D eigenvalue weighted by molar-refractivity contribution is 5.95. The third-order valence-corrected chi connectivity index (χ3v) is 4.20. The summed E-state index contributed by atoms with van der Waals surface area (Å²) in [4.78, 5) is 15.8. The Hall–Kier alpha value is -2.33. The van der Waals surface area contributed by atoms with E-state index in [4.69, 9.17) is 0 Å². The van der Waals surface area contributed by atoms with Crippen molar-refractivity contribution in [2.24, 2.45) is 0 Å². The van der Waals surface area contributed by atoms with Gasteiger partial charge in [-0.2, -0.15) is 0 Å². The molecule has 1 fully saturated rings. The van der Waals surface area contributed by atoms with Crippen LogP contribution in [0.15, 0.2) is 54.4 Å². The summed E-state index contributed by atoms with van der Waals surface area (Å²) >= 11 is 0. The average Bonchev–Trinajstić information content (AvgIpc) is 2.48. The molecule has 1 saturated heterocycles. The first-order chi connectivity index (χ1) is 10.5. The van der Waals surface area contributed by atoms with Crippen molar-refractivity contribution < 1.29 is 9.90 Å². The number of nitrogens with zero attached hydrogens (tertiary/aromatic N) is 2. The molecule has 0 aromatic heterocycles. The summed E-state index contributed by atoms with van der Waals surface area (Å²) < 4.78 is 0. The van der Waals surface area contributed by atoms with Crippen molar-refractivity contribution >= 4 is 11.5 Å². The summed E-state index contributed by atoms with van der Waals surface area (Å²) in [5.74, 6) is -0.0216. The molecular weight excluding hydrogens is 276 g/mol. The molecule has 0 spiro atoms. The van der Waals surface area contributed by atoms with Gasteiger partial charge in [-0.15, -0.1) is 0 Å². The first-order valence-corrected chi connectivity index (χ1v) is 7.35. The number of aliphatic hydroxyl groups is 1. The molecule has 0 atom stereocenters. The van der Waals surface area contributed by atoms with Crippen LogP contribution in [0.4, 0.5) is 0 Å². The van der Waals surface area contributed by atoms with Crippen LogP contribution in [0, 0.1) is 0 Å². The van der Waals surface area contributed by atoms with Gasteiger partial charge in [0.25, 0.3) is 5.91 Å². The Kier molecular flexibility index (Phi) is 3.62. The van der Waals surface area contributed by atoms with Crippen LogP contribution < -0.4 is 0 Å². The highest BCUT2D eigenvalue weighted by atomic mass is 16.3. The highest BCUT2D eigenvalue weighted by Crippen LogP contribution is 2.27. The van der Waals surface area contributed by atoms with E-state index in [1.807, 2.05) is 49.3 Å². The summed E-state index contributed by atoms with van der Waals surface area (Å²) in [6.07, 6.45) is 3.77. The van der Waals surface area contributed by atoms with Crippen LogP contribution in [0.5, 0.6) is 0 Å². The average molecular weight is 296 g/mol. The van der Waals surface area contributed by atoms with Crippen molar-refractivity contribution in [2.75, 3.05) is 20.1 Å². The van der Waals surface area contributed by atoms with Crippen molar-refractivity contribution in [3.05, 3.63) is 65.5 Å². The minimum absolute atomic E-state index is 0.0216. The van der Waals surface area contributed by atoms with E-state index in [2.05, 4.69) is 12.7 Å². The number of carbonyl (C=O) groups is 1. The molecule has 2 heterocycles. The predicted octanol–water partition coefficient (Wildman–Crippen LogP) is 2.25. The Morgan fingerprint density at radius 2 is 1.91 bits per heavy atom. The maximum absolute atomic E-state index is 12.2. The molecule has 0 bridgehead atoms. The minimum atomic E-state index is -0.368. The molecule has 1 aromatic carbocycles. The van der Waals surface area contributed by atoms with E-state index >= 15 is 0 Å². The van der Waals surface area contributed by atoms with Gasteiger partial charge in [-0.25, -0.2) is 0 Å². The number of allylic oxidation sites excluding steroid dienone is 3. The van der Waals surface area contributed by atoms with Crippen molar-refractivity contribution in [1.82, 2.24) is 9.80 Å². The zero-order valence-corrected chi connectivity index (χ0v) is 12.9. The fourth-order valence-corrected chi connectivity index (χ4v) is 2.69. The minimum Gasteiger partial charge on any atom is -0.389 e. The topological polar surface area (TPSA) is 43.8 Å². The van der Waals surface area contributed by atoms with Crippen LogP contribution in [0.2, 0.25) is 0 Å². The number of β-amino-alcohol motifs (C(OH)–C–C–N with tert-alkyl or cyclic N) is 1. The van der Waals surface area contributed by atoms with Gasteiger partial charge in [-0.05, 0) is 41.8 Å². The molecule has 1 N–H and O–H groups in total. The predicted molar refractivity (Wildman–Crippen MR) is 87.0 cm³/mol. The van der Waals surface area contributed by atoms with Crippen LogP contribution in [0.25, 0.3) is 5.57 Å². The fourth-order valence-electron chi connectivity index (χ4n) is 2.69. The Bertz CT molecular complexity index is 680. The van der Waals surface area contributed by atoms with E-state index in [0.717, 1.165) is 22.4 Å². The maximum Gasteiger partial charge on any atom is 0.254 e. The highest BCUT2D eigenvalue weighted by Gasteiger charge is 2.29. The van der Waals surface area contributed by atoms with E-state index in [9.17, 15) is 9.90 Å². The lowest BCUT2D eigenvalue weighted by Gasteiger charge is -2.35. The number of benzene rings is 1. The van der Waals surface area contributed by atoms with Gasteiger partial charge in [0.2, 0.25) is 0 Å². The third-order valence-electron chi connectivity index (χ3n) is 4.20.